The van der Waals surface area contributed by atoms with Gasteiger partial charge >= 0.3 is 5.97 Å². The summed E-state index contributed by atoms with van der Waals surface area (Å²) in [6.45, 7) is -0.505. The van der Waals surface area contributed by atoms with Crippen LogP contribution in [-0.2, 0) is 24.9 Å². The van der Waals surface area contributed by atoms with Crippen molar-refractivity contribution in [3.8, 4) is 11.5 Å². The van der Waals surface area contributed by atoms with E-state index in [1.807, 2.05) is 4.72 Å². The van der Waals surface area contributed by atoms with Crippen LogP contribution in [0.1, 0.15) is 10.4 Å². The normalized spacial score (nSPS) is 11.5. The Labute approximate surface area is 228 Å². The van der Waals surface area contributed by atoms with Gasteiger partial charge < -0.3 is 9.47 Å². The average Bonchev–Trinajstić information content (AvgIpc) is 2.77. The number of nitrogens with one attached hydrogen (secondary N) is 1. The van der Waals surface area contributed by atoms with E-state index in [1.165, 1.54) is 60.7 Å². The van der Waals surface area contributed by atoms with Crippen LogP contribution in [0.5, 0.6) is 11.5 Å². The first-order valence-electron chi connectivity index (χ1n) is 9.39. The molecule has 0 saturated carbocycles. The summed E-state index contributed by atoms with van der Waals surface area (Å²) < 4.78 is 69.5. The maximum absolute atomic E-state index is 12.3. The van der Waals surface area contributed by atoms with Crippen molar-refractivity contribution < 1.29 is 40.5 Å². The Morgan fingerprint density at radius 1 is 0.857 bits per heavy atom. The molecule has 3 aromatic carbocycles. The van der Waals surface area contributed by atoms with Gasteiger partial charge in [-0.15, -0.1) is 0 Å². The number of rotatable bonds is 8. The summed E-state index contributed by atoms with van der Waals surface area (Å²) in [6, 6.07) is 15.3. The lowest BCUT2D eigenvalue weighted by Gasteiger charge is -2.10. The summed E-state index contributed by atoms with van der Waals surface area (Å²) in [7, 11) is -8.45. The highest BCUT2D eigenvalue weighted by Gasteiger charge is 2.21. The van der Waals surface area contributed by atoms with Crippen molar-refractivity contribution >= 4 is 77.2 Å². The Morgan fingerprint density at radius 3 is 1.97 bits per heavy atom. The number of hydrogen-bond acceptors (Lipinski definition) is 8. The molecule has 184 valence electrons. The molecular formula is C21H15I2NO9S2. The van der Waals surface area contributed by atoms with Gasteiger partial charge in [-0.1, -0.05) is 18.2 Å². The number of ether oxygens (including phenoxy) is 2. The zero-order chi connectivity index (χ0) is 25.8. The van der Waals surface area contributed by atoms with Gasteiger partial charge in [0.1, 0.15) is 16.4 Å². The molecule has 0 spiro atoms. The Balaban J connectivity index is 1.59. The maximum Gasteiger partial charge on any atom is 0.349 e. The first-order valence-corrected chi connectivity index (χ1v) is 14.5. The molecule has 0 aliphatic rings. The molecule has 14 heteroatoms. The van der Waals surface area contributed by atoms with E-state index in [-0.39, 0.29) is 34.0 Å². The quantitative estimate of drug-likeness (QED) is 0.153. The molecule has 2 N–H and O–H groups in total. The number of amides is 1. The Bertz CT molecular complexity index is 1450. The van der Waals surface area contributed by atoms with Gasteiger partial charge in [0.15, 0.2) is 6.61 Å². The lowest BCUT2D eigenvalue weighted by molar-refractivity contribution is -0.136. The third kappa shape index (κ3) is 7.35. The molecule has 0 bridgehead atoms. The maximum atomic E-state index is 12.3. The lowest BCUT2D eigenvalue weighted by atomic mass is 10.2. The minimum absolute atomic E-state index is 0.0311. The predicted octanol–water partition coefficient (Wildman–Crippen LogP) is 3.25. The fraction of sp³-hybridized carbons (Fsp3) is 0.0476. The van der Waals surface area contributed by atoms with Crippen molar-refractivity contribution in [1.82, 2.24) is 4.72 Å². The highest BCUT2D eigenvalue weighted by Crippen LogP contribution is 2.29. The van der Waals surface area contributed by atoms with Gasteiger partial charge in [0.05, 0.1) is 4.90 Å². The number of carbonyl (C=O) groups excluding carboxylic acids is 2. The zero-order valence-electron chi connectivity index (χ0n) is 17.3. The number of halogens is 2. The molecule has 0 aliphatic heterocycles. The molecule has 0 radical (unpaired) electrons. The van der Waals surface area contributed by atoms with Crippen molar-refractivity contribution in [2.45, 2.75) is 9.79 Å². The number of esters is 1. The van der Waals surface area contributed by atoms with Gasteiger partial charge in [0.25, 0.3) is 26.0 Å². The highest BCUT2D eigenvalue weighted by molar-refractivity contribution is 14.1. The monoisotopic (exact) mass is 743 g/mol. The summed E-state index contributed by atoms with van der Waals surface area (Å²) in [5, 5.41) is 0. The summed E-state index contributed by atoms with van der Waals surface area (Å²) in [5.41, 5.74) is 0.0311. The van der Waals surface area contributed by atoms with Gasteiger partial charge in [-0.25, -0.2) is 17.9 Å². The highest BCUT2D eigenvalue weighted by atomic mass is 127. The van der Waals surface area contributed by atoms with Crippen LogP contribution >= 0.6 is 45.2 Å². The fourth-order valence-corrected chi connectivity index (χ4v) is 7.67. The Kier molecular flexibility index (Phi) is 8.73. The molecule has 1 amide bonds. The van der Waals surface area contributed by atoms with E-state index in [4.69, 9.17) is 9.47 Å². The van der Waals surface area contributed by atoms with Crippen LogP contribution in [0.15, 0.2) is 76.5 Å². The lowest BCUT2D eigenvalue weighted by Crippen LogP contribution is -2.30. The van der Waals surface area contributed by atoms with E-state index >= 15 is 0 Å². The number of benzene rings is 3. The second-order valence-electron chi connectivity index (χ2n) is 6.73. The third-order valence-corrected chi connectivity index (χ3v) is 8.95. The van der Waals surface area contributed by atoms with Crippen LogP contribution in [-0.4, -0.2) is 39.9 Å². The summed E-state index contributed by atoms with van der Waals surface area (Å²) in [4.78, 5) is 24.1. The number of sulfonamides is 1. The molecule has 3 aromatic rings. The van der Waals surface area contributed by atoms with Crippen molar-refractivity contribution in [1.29, 1.82) is 0 Å². The van der Waals surface area contributed by atoms with E-state index < -0.39 is 38.6 Å². The van der Waals surface area contributed by atoms with Gasteiger partial charge in [0.2, 0.25) is 0 Å². The molecule has 0 aromatic heterocycles. The van der Waals surface area contributed by atoms with Gasteiger partial charge in [-0.2, -0.15) is 8.42 Å². The number of carbonyl (C=O) groups is 2. The summed E-state index contributed by atoms with van der Waals surface area (Å²) >= 11 is 3.44. The van der Waals surface area contributed by atoms with Crippen molar-refractivity contribution in [2.24, 2.45) is 0 Å². The van der Waals surface area contributed by atoms with Crippen molar-refractivity contribution in [2.75, 3.05) is 6.61 Å². The fourth-order valence-electron chi connectivity index (χ4n) is 2.68. The number of hydrogen-bond donors (Lipinski definition) is 2. The molecule has 10 nitrogen and oxygen atoms in total. The van der Waals surface area contributed by atoms with E-state index in [0.29, 0.717) is 0 Å². The first-order chi connectivity index (χ1) is 16.4. The average molecular weight is 743 g/mol. The molecule has 0 atom stereocenters. The molecule has 0 aliphatic carbocycles. The topological polar surface area (TPSA) is 153 Å². The van der Waals surface area contributed by atoms with Crippen molar-refractivity contribution in [3.63, 3.8) is 0 Å². The third-order valence-electron chi connectivity index (χ3n) is 4.22. The van der Waals surface area contributed by atoms with Crippen molar-refractivity contribution in [3.05, 3.63) is 79.4 Å². The molecular weight excluding hydrogens is 728 g/mol. The molecule has 0 heterocycles. The second kappa shape index (κ2) is 11.2. The minimum Gasteiger partial charge on any atom is -0.482 e. The first kappa shape index (κ1) is 27.3. The molecule has 0 fully saturated rings. The van der Waals surface area contributed by atoms with E-state index in [1.54, 1.807) is 51.2 Å². The van der Waals surface area contributed by atoms with Gasteiger partial charge in [-0.05, 0) is 93.7 Å². The molecule has 0 unspecified atom stereocenters. The molecule has 0 saturated heterocycles. The summed E-state index contributed by atoms with van der Waals surface area (Å²) in [5.74, 6) is -1.35. The van der Waals surface area contributed by atoms with Gasteiger partial charge in [0, 0.05) is 12.7 Å². The van der Waals surface area contributed by atoms with E-state index in [0.717, 1.165) is 0 Å². The van der Waals surface area contributed by atoms with Crippen LogP contribution in [0, 0.1) is 7.14 Å². The molecule has 35 heavy (non-hydrogen) atoms. The van der Waals surface area contributed by atoms with Crippen LogP contribution in [0.3, 0.4) is 0 Å². The Hall–Kier alpha value is -2.28. The van der Waals surface area contributed by atoms with Crippen LogP contribution in [0.25, 0.3) is 0 Å². The van der Waals surface area contributed by atoms with Gasteiger partial charge in [-0.3, -0.25) is 9.35 Å². The molecule has 3 rings (SSSR count). The minimum atomic E-state index is -4.41. The standard InChI is InChI=1S/C21H15I2NO9S2/c22-17-10-15(11-18(23)20(17)35(29,30)31)32-12-19(25)33-14-8-6-13(7-9-14)21(26)24-34(27,28)16-4-2-1-3-5-16/h1-11H,12H2,(H,24,26)(H,29,30,31). The SMILES string of the molecule is O=C(COc1cc(I)c(S(=O)(=O)O)c(I)c1)Oc1ccc(C(=O)NS(=O)(=O)c2ccccc2)cc1. The Morgan fingerprint density at radius 2 is 1.43 bits per heavy atom. The smallest absolute Gasteiger partial charge is 0.349 e. The second-order valence-corrected chi connectivity index (χ2v) is 12.1. The van der Waals surface area contributed by atoms with Crippen LogP contribution in [0.4, 0.5) is 0 Å². The van der Waals surface area contributed by atoms with E-state index in [2.05, 4.69) is 0 Å². The summed E-state index contributed by atoms with van der Waals surface area (Å²) in [6.07, 6.45) is 0. The largest absolute Gasteiger partial charge is 0.482 e. The zero-order valence-corrected chi connectivity index (χ0v) is 23.3. The van der Waals surface area contributed by atoms with Crippen LogP contribution in [0.2, 0.25) is 0 Å². The van der Waals surface area contributed by atoms with Crippen LogP contribution < -0.4 is 14.2 Å². The van der Waals surface area contributed by atoms with E-state index in [9.17, 15) is 31.0 Å². The predicted molar refractivity (Wildman–Crippen MR) is 140 cm³/mol.